The molecule has 1 aromatic rings. The summed E-state index contributed by atoms with van der Waals surface area (Å²) in [7, 11) is -1.89. The minimum Gasteiger partial charge on any atom is -0.207 e. The summed E-state index contributed by atoms with van der Waals surface area (Å²) in [5, 5.41) is 0.402. The SMILES string of the molecule is Cc1c(CCl)cc(Cl)cc1S(=O)(=O)N(C)C1CCSC1. The van der Waals surface area contributed by atoms with E-state index in [1.165, 1.54) is 10.4 Å². The highest BCUT2D eigenvalue weighted by molar-refractivity contribution is 7.99. The molecule has 112 valence electrons. The van der Waals surface area contributed by atoms with E-state index in [0.29, 0.717) is 10.6 Å². The summed E-state index contributed by atoms with van der Waals surface area (Å²) in [6, 6.07) is 3.29. The molecule has 3 nitrogen and oxygen atoms in total. The lowest BCUT2D eigenvalue weighted by atomic mass is 10.1. The van der Waals surface area contributed by atoms with Crippen molar-refractivity contribution in [2.45, 2.75) is 30.2 Å². The van der Waals surface area contributed by atoms with E-state index >= 15 is 0 Å². The van der Waals surface area contributed by atoms with Crippen LogP contribution in [0, 0.1) is 6.92 Å². The van der Waals surface area contributed by atoms with Crippen LogP contribution in [-0.4, -0.2) is 37.3 Å². The van der Waals surface area contributed by atoms with E-state index in [0.717, 1.165) is 23.5 Å². The topological polar surface area (TPSA) is 37.4 Å². The first-order valence-corrected chi connectivity index (χ1v) is 9.79. The fourth-order valence-corrected chi connectivity index (χ4v) is 5.90. The molecule has 0 amide bonds. The van der Waals surface area contributed by atoms with Crippen LogP contribution in [0.5, 0.6) is 0 Å². The van der Waals surface area contributed by atoms with Gasteiger partial charge in [-0.25, -0.2) is 8.42 Å². The summed E-state index contributed by atoms with van der Waals surface area (Å²) in [4.78, 5) is 0.264. The monoisotopic (exact) mass is 353 g/mol. The number of thioether (sulfide) groups is 1. The number of sulfonamides is 1. The lowest BCUT2D eigenvalue weighted by Gasteiger charge is -2.24. The number of hydrogen-bond donors (Lipinski definition) is 0. The minimum absolute atomic E-state index is 0.0582. The van der Waals surface area contributed by atoms with E-state index in [-0.39, 0.29) is 16.8 Å². The van der Waals surface area contributed by atoms with Crippen LogP contribution >= 0.6 is 35.0 Å². The molecule has 1 atom stereocenters. The molecule has 7 heteroatoms. The van der Waals surface area contributed by atoms with Gasteiger partial charge in [-0.1, -0.05) is 11.6 Å². The molecular weight excluding hydrogens is 337 g/mol. The maximum absolute atomic E-state index is 12.8. The van der Waals surface area contributed by atoms with Gasteiger partial charge in [0.05, 0.1) is 4.90 Å². The third kappa shape index (κ3) is 3.12. The van der Waals surface area contributed by atoms with Crippen molar-refractivity contribution in [3.05, 3.63) is 28.3 Å². The van der Waals surface area contributed by atoms with Gasteiger partial charge in [0.25, 0.3) is 0 Å². The molecular formula is C13H17Cl2NO2S2. The van der Waals surface area contributed by atoms with Crippen LogP contribution in [0.15, 0.2) is 17.0 Å². The highest BCUT2D eigenvalue weighted by atomic mass is 35.5. The van der Waals surface area contributed by atoms with Crippen LogP contribution < -0.4 is 0 Å². The van der Waals surface area contributed by atoms with Crippen molar-refractivity contribution < 1.29 is 8.42 Å². The van der Waals surface area contributed by atoms with E-state index in [9.17, 15) is 8.42 Å². The molecule has 2 rings (SSSR count). The molecule has 0 aromatic heterocycles. The average molecular weight is 354 g/mol. The number of benzene rings is 1. The first kappa shape index (κ1) is 16.4. The van der Waals surface area contributed by atoms with E-state index in [1.807, 2.05) is 0 Å². The number of alkyl halides is 1. The van der Waals surface area contributed by atoms with Crippen molar-refractivity contribution in [3.8, 4) is 0 Å². The number of halogens is 2. The summed E-state index contributed by atoms with van der Waals surface area (Å²) in [5.74, 6) is 2.10. The largest absolute Gasteiger partial charge is 0.243 e. The summed E-state index contributed by atoms with van der Waals surface area (Å²) in [5.41, 5.74) is 1.44. The number of nitrogens with zero attached hydrogens (tertiary/aromatic N) is 1. The molecule has 1 saturated heterocycles. The summed E-state index contributed by atoms with van der Waals surface area (Å²) < 4.78 is 27.0. The summed E-state index contributed by atoms with van der Waals surface area (Å²) >= 11 is 13.7. The van der Waals surface area contributed by atoms with Crippen molar-refractivity contribution in [2.75, 3.05) is 18.6 Å². The van der Waals surface area contributed by atoms with Gasteiger partial charge in [-0.2, -0.15) is 16.1 Å². The van der Waals surface area contributed by atoms with Crippen molar-refractivity contribution in [3.63, 3.8) is 0 Å². The fraction of sp³-hybridized carbons (Fsp3) is 0.538. The van der Waals surface area contributed by atoms with Crippen LogP contribution in [0.4, 0.5) is 0 Å². The molecule has 1 unspecified atom stereocenters. The molecule has 0 N–H and O–H groups in total. The zero-order chi connectivity index (χ0) is 14.9. The molecule has 0 radical (unpaired) electrons. The molecule has 0 spiro atoms. The Kier molecular flexibility index (Phi) is 5.29. The first-order valence-electron chi connectivity index (χ1n) is 6.28. The van der Waals surface area contributed by atoms with E-state index in [1.54, 1.807) is 31.8 Å². The molecule has 20 heavy (non-hydrogen) atoms. The Morgan fingerprint density at radius 1 is 1.45 bits per heavy atom. The summed E-state index contributed by atoms with van der Waals surface area (Å²) in [6.07, 6.45) is 0.891. The van der Waals surface area contributed by atoms with Crippen molar-refractivity contribution in [2.24, 2.45) is 0 Å². The van der Waals surface area contributed by atoms with Crippen molar-refractivity contribution in [1.82, 2.24) is 4.31 Å². The van der Waals surface area contributed by atoms with Crippen LogP contribution in [0.1, 0.15) is 17.5 Å². The van der Waals surface area contributed by atoms with Gasteiger partial charge >= 0.3 is 0 Å². The lowest BCUT2D eigenvalue weighted by molar-refractivity contribution is 0.394. The van der Waals surface area contributed by atoms with Gasteiger partial charge in [0.2, 0.25) is 10.0 Å². The first-order chi connectivity index (χ1) is 9.37. The molecule has 1 aromatic carbocycles. The molecule has 0 saturated carbocycles. The molecule has 1 aliphatic heterocycles. The Labute approximate surface area is 134 Å². The Morgan fingerprint density at radius 2 is 2.15 bits per heavy atom. The second-order valence-electron chi connectivity index (χ2n) is 4.86. The zero-order valence-corrected chi connectivity index (χ0v) is 14.5. The fourth-order valence-electron chi connectivity index (χ4n) is 2.28. The number of hydrogen-bond acceptors (Lipinski definition) is 3. The van der Waals surface area contributed by atoms with E-state index in [2.05, 4.69) is 0 Å². The van der Waals surface area contributed by atoms with Gasteiger partial charge in [-0.15, -0.1) is 11.6 Å². The summed E-state index contributed by atoms with van der Waals surface area (Å²) in [6.45, 7) is 1.78. The smallest absolute Gasteiger partial charge is 0.207 e. The van der Waals surface area contributed by atoms with Gasteiger partial charge in [0, 0.05) is 29.7 Å². The lowest BCUT2D eigenvalue weighted by Crippen LogP contribution is -2.37. The third-order valence-electron chi connectivity index (χ3n) is 3.65. The normalized spacial score (nSPS) is 19.8. The maximum atomic E-state index is 12.8. The average Bonchev–Trinajstić information content (AvgIpc) is 2.93. The van der Waals surface area contributed by atoms with Crippen molar-refractivity contribution >= 4 is 45.0 Å². The predicted octanol–water partition coefficient (Wildman–Crippen LogP) is 3.51. The standard InChI is InChI=1S/C13H17Cl2NO2S2/c1-9-10(7-14)5-11(15)6-13(9)20(17,18)16(2)12-3-4-19-8-12/h5-6,12H,3-4,7-8H2,1-2H3. The predicted molar refractivity (Wildman–Crippen MR) is 86.4 cm³/mol. The second kappa shape index (κ2) is 6.44. The Morgan fingerprint density at radius 3 is 2.70 bits per heavy atom. The zero-order valence-electron chi connectivity index (χ0n) is 11.4. The molecule has 1 fully saturated rings. The molecule has 0 aliphatic carbocycles. The van der Waals surface area contributed by atoms with Gasteiger partial charge in [0.15, 0.2) is 0 Å². The van der Waals surface area contributed by atoms with Gasteiger partial charge in [0.1, 0.15) is 0 Å². The van der Waals surface area contributed by atoms with Crippen LogP contribution in [-0.2, 0) is 15.9 Å². The highest BCUT2D eigenvalue weighted by Crippen LogP contribution is 2.31. The molecule has 1 heterocycles. The third-order valence-corrected chi connectivity index (χ3v) is 7.34. The van der Waals surface area contributed by atoms with Gasteiger partial charge < -0.3 is 0 Å². The number of rotatable bonds is 4. The minimum atomic E-state index is -3.53. The second-order valence-corrected chi connectivity index (χ2v) is 8.68. The van der Waals surface area contributed by atoms with Crippen LogP contribution in [0.2, 0.25) is 5.02 Å². The Hall–Kier alpha value is 0.0600. The van der Waals surface area contributed by atoms with Gasteiger partial charge in [-0.3, -0.25) is 0 Å². The van der Waals surface area contributed by atoms with Gasteiger partial charge in [-0.05, 0) is 42.4 Å². The van der Waals surface area contributed by atoms with E-state index in [4.69, 9.17) is 23.2 Å². The van der Waals surface area contributed by atoms with Crippen molar-refractivity contribution in [1.29, 1.82) is 0 Å². The van der Waals surface area contributed by atoms with Crippen LogP contribution in [0.3, 0.4) is 0 Å². The van der Waals surface area contributed by atoms with Crippen LogP contribution in [0.25, 0.3) is 0 Å². The Balaban J connectivity index is 2.45. The quantitative estimate of drug-likeness (QED) is 0.777. The van der Waals surface area contributed by atoms with E-state index < -0.39 is 10.0 Å². The molecule has 1 aliphatic rings. The maximum Gasteiger partial charge on any atom is 0.243 e. The molecule has 0 bridgehead atoms. The highest BCUT2D eigenvalue weighted by Gasteiger charge is 2.31. The Bertz CT molecular complexity index is 599.